The molecule has 86 heavy (non-hydrogen) atoms. The molecule has 0 aliphatic heterocycles. The maximum Gasteiger partial charge on any atom is 0.341 e. The number of nitrogens with two attached hydrogens (primary N) is 1. The summed E-state index contributed by atoms with van der Waals surface area (Å²) in [6.07, 6.45) is 9.07. The van der Waals surface area contributed by atoms with Gasteiger partial charge in [0.05, 0.1) is 44.0 Å². The number of phenolic OH excluding ortho intramolecular Hbond substituents is 1. The number of carboxylic acids is 1. The molecule has 0 fully saturated rings. The summed E-state index contributed by atoms with van der Waals surface area (Å²) in [4.78, 5) is 78.0. The topological polar surface area (TPSA) is 265 Å². The number of carboxylic acid groups (broad SMARTS) is 1. The number of carbonyl (C=O) groups excluding carboxylic acids is 2. The molecule has 448 valence electrons. The largest absolute Gasteiger partial charge is 0.508 e. The monoisotopic (exact) mass is 1190 g/mol. The number of nitrogens with zero attached hydrogens (tertiary/aromatic N) is 3. The molecule has 5 heterocycles. The van der Waals surface area contributed by atoms with Crippen LogP contribution in [0, 0.1) is 34.9 Å². The first-order valence-corrected chi connectivity index (χ1v) is 26.4. The number of aliphatic hydroxyl groups excluding tert-OH is 2. The van der Waals surface area contributed by atoms with Gasteiger partial charge in [-0.1, -0.05) is 18.2 Å². The normalized spacial score (nSPS) is 10.6. The van der Waals surface area contributed by atoms with Crippen molar-refractivity contribution in [3.63, 3.8) is 0 Å². The van der Waals surface area contributed by atoms with Crippen LogP contribution in [0.25, 0.3) is 21.8 Å². The average molecular weight is 1190 g/mol. The average Bonchev–Trinajstić information content (AvgIpc) is 3.89. The number of ether oxygens (including phenoxy) is 1. The summed E-state index contributed by atoms with van der Waals surface area (Å²) < 4.78 is 87.8. The van der Waals surface area contributed by atoms with Crippen LogP contribution in [0.4, 0.5) is 26.3 Å². The number of nitrogens with one attached hydrogen (secondary N) is 2. The van der Waals surface area contributed by atoms with Gasteiger partial charge in [-0.2, -0.15) is 0 Å². The molecule has 8 N–H and O–H groups in total. The predicted molar refractivity (Wildman–Crippen MR) is 310 cm³/mol. The van der Waals surface area contributed by atoms with Crippen molar-refractivity contribution >= 4 is 39.3 Å². The van der Waals surface area contributed by atoms with E-state index in [2.05, 4.69) is 9.97 Å². The van der Waals surface area contributed by atoms with Gasteiger partial charge in [-0.05, 0) is 149 Å². The molecule has 5 aromatic heterocycles. The smallest absolute Gasteiger partial charge is 0.341 e. The summed E-state index contributed by atoms with van der Waals surface area (Å²) in [6.45, 7) is 0.741. The third kappa shape index (κ3) is 18.7. The van der Waals surface area contributed by atoms with Gasteiger partial charge < -0.3 is 54.6 Å². The van der Waals surface area contributed by atoms with Crippen LogP contribution >= 0.6 is 0 Å². The van der Waals surface area contributed by atoms with Crippen LogP contribution in [-0.2, 0) is 19.6 Å². The number of halogens is 6. The van der Waals surface area contributed by atoms with E-state index in [0.717, 1.165) is 62.8 Å². The number of pyridine rings is 3. The second kappa shape index (κ2) is 32.1. The fourth-order valence-corrected chi connectivity index (χ4v) is 8.16. The Morgan fingerprint density at radius 1 is 0.488 bits per heavy atom. The van der Waals surface area contributed by atoms with E-state index < -0.39 is 57.6 Å². The zero-order valence-electron chi connectivity index (χ0n) is 45.8. The highest BCUT2D eigenvalue weighted by molar-refractivity contribution is 5.96. The summed E-state index contributed by atoms with van der Waals surface area (Å²) >= 11 is 0. The standard InChI is InChI=1S/C24H20F2N2O3.C16H15F2NO3.C13H9F2NO3.C8H7NO.C2H7NO/c25-20-8-5-16(13-21(20)26)15-28-11-1-3-19(24(28)30)23(29)4-2-12-31-18-7-6-17-9-10-27-22(17)14-18;17-13-6-5-11(9-14(13)18)10-19-7-1-3-12(16(19)22)15(21)4-2-8-20;14-10-4-3-8(6-11(10)15)7-16-5-1-2-9(12(16)17)13(18)19;10-7-2-1-6-3-4-9-8(6)5-7;3-1-2-4/h1,3,5-11,13-14,27H,2,4,12,15H2;1,3,5-7,9,20H,2,4,8,10H2;1-6H,7H2,(H,18,19);1-5,9-10H;4H,1-3H2. The van der Waals surface area contributed by atoms with Crippen LogP contribution in [0.2, 0.25) is 0 Å². The molecule has 0 amide bonds. The number of phenols is 1. The predicted octanol–water partition coefficient (Wildman–Crippen LogP) is 9.51. The summed E-state index contributed by atoms with van der Waals surface area (Å²) in [6, 6.07) is 33.6. The molecule has 0 aliphatic carbocycles. The number of hydrogen-bond donors (Lipinski definition) is 7. The Morgan fingerprint density at radius 2 is 0.895 bits per heavy atom. The van der Waals surface area contributed by atoms with E-state index in [9.17, 15) is 55.1 Å². The first kappa shape index (κ1) is 65.1. The molecule has 5 aromatic carbocycles. The van der Waals surface area contributed by atoms with Crippen molar-refractivity contribution in [3.8, 4) is 11.5 Å². The van der Waals surface area contributed by atoms with E-state index in [1.807, 2.05) is 48.8 Å². The van der Waals surface area contributed by atoms with Gasteiger partial charge in [-0.15, -0.1) is 0 Å². The molecule has 0 bridgehead atoms. The minimum absolute atomic E-state index is 0.0264. The molecular weight excluding hydrogens is 1130 g/mol. The molecular formula is C63H58F6N6O11. The van der Waals surface area contributed by atoms with Crippen LogP contribution in [0.3, 0.4) is 0 Å². The van der Waals surface area contributed by atoms with E-state index in [0.29, 0.717) is 47.8 Å². The highest BCUT2D eigenvalue weighted by Gasteiger charge is 2.16. The summed E-state index contributed by atoms with van der Waals surface area (Å²) in [5.41, 5.74) is 6.01. The lowest BCUT2D eigenvalue weighted by atomic mass is 10.1. The quantitative estimate of drug-likeness (QED) is 0.0241. The highest BCUT2D eigenvalue weighted by Crippen LogP contribution is 2.21. The Kier molecular flexibility index (Phi) is 24.3. The molecule has 0 spiro atoms. The van der Waals surface area contributed by atoms with Gasteiger partial charge in [0.15, 0.2) is 46.5 Å². The fourth-order valence-electron chi connectivity index (χ4n) is 8.16. The Bertz CT molecular complexity index is 4120. The van der Waals surface area contributed by atoms with Crippen molar-refractivity contribution in [2.45, 2.75) is 45.3 Å². The van der Waals surface area contributed by atoms with Crippen LogP contribution in [-0.4, -0.2) is 88.0 Å². The van der Waals surface area contributed by atoms with E-state index in [1.54, 1.807) is 24.3 Å². The number of aromatic amines is 2. The van der Waals surface area contributed by atoms with Gasteiger partial charge in [0, 0.05) is 80.1 Å². The third-order valence-corrected chi connectivity index (χ3v) is 12.5. The molecule has 0 saturated heterocycles. The number of aromatic nitrogens is 5. The minimum Gasteiger partial charge on any atom is -0.508 e. The second-order valence-corrected chi connectivity index (χ2v) is 18.7. The number of aromatic carboxylic acids is 1. The number of benzene rings is 5. The minimum atomic E-state index is -1.33. The molecule has 10 rings (SSSR count). The van der Waals surface area contributed by atoms with Gasteiger partial charge in [0.2, 0.25) is 0 Å². The Morgan fingerprint density at radius 3 is 1.31 bits per heavy atom. The lowest BCUT2D eigenvalue weighted by molar-refractivity contribution is 0.0693. The number of carbonyl (C=O) groups is 3. The summed E-state index contributed by atoms with van der Waals surface area (Å²) in [7, 11) is 0. The van der Waals surface area contributed by atoms with Gasteiger partial charge >= 0.3 is 5.97 Å². The number of aromatic hydroxyl groups is 1. The van der Waals surface area contributed by atoms with Crippen molar-refractivity contribution in [2.75, 3.05) is 26.4 Å². The lowest BCUT2D eigenvalue weighted by Gasteiger charge is -2.09. The number of Topliss-reactive ketones (excluding diaryl/α,β-unsaturated/α-hetero) is 2. The SMILES string of the molecule is NCCO.O=C(CCCO)c1cccn(Cc2ccc(F)c(F)c2)c1=O.O=C(CCCOc1ccc2cc[nH]c2c1)c1cccn(Cc2ccc(F)c(F)c2)c1=O.O=C(O)c1cccn(Cc2ccc(F)c(F)c2)c1=O.Oc1ccc2cc[nH]c2c1. The van der Waals surface area contributed by atoms with Gasteiger partial charge in [-0.25, -0.2) is 31.1 Å². The van der Waals surface area contributed by atoms with Crippen molar-refractivity contribution in [2.24, 2.45) is 5.73 Å². The maximum atomic E-state index is 13.4. The molecule has 0 unspecified atom stereocenters. The molecule has 10 aromatic rings. The summed E-state index contributed by atoms with van der Waals surface area (Å²) in [5, 5.41) is 36.5. The Hall–Kier alpha value is -10.1. The van der Waals surface area contributed by atoms with E-state index in [-0.39, 0.29) is 80.4 Å². The van der Waals surface area contributed by atoms with Crippen molar-refractivity contribution in [1.82, 2.24) is 23.7 Å². The first-order valence-electron chi connectivity index (χ1n) is 26.4. The number of fused-ring (bicyclic) bond motifs is 2. The van der Waals surface area contributed by atoms with E-state index in [1.165, 1.54) is 70.2 Å². The van der Waals surface area contributed by atoms with E-state index in [4.69, 9.17) is 30.9 Å². The molecule has 23 heteroatoms. The lowest BCUT2D eigenvalue weighted by Crippen LogP contribution is -2.26. The third-order valence-electron chi connectivity index (χ3n) is 12.5. The summed E-state index contributed by atoms with van der Waals surface area (Å²) in [5.74, 6) is -6.81. The van der Waals surface area contributed by atoms with Crippen molar-refractivity contribution in [1.29, 1.82) is 0 Å². The van der Waals surface area contributed by atoms with Crippen LogP contribution in [0.1, 0.15) is 73.4 Å². The zero-order valence-corrected chi connectivity index (χ0v) is 45.8. The second-order valence-electron chi connectivity index (χ2n) is 18.7. The number of ketones is 2. The molecule has 17 nitrogen and oxygen atoms in total. The number of rotatable bonds is 18. The van der Waals surface area contributed by atoms with Crippen LogP contribution in [0.5, 0.6) is 11.5 Å². The van der Waals surface area contributed by atoms with Crippen molar-refractivity contribution in [3.05, 3.63) is 270 Å². The van der Waals surface area contributed by atoms with Crippen LogP contribution < -0.4 is 27.1 Å². The van der Waals surface area contributed by atoms with Gasteiger partial charge in [0.25, 0.3) is 16.7 Å². The van der Waals surface area contributed by atoms with Crippen molar-refractivity contribution < 1.29 is 65.9 Å². The number of aliphatic hydroxyl groups is 2. The van der Waals surface area contributed by atoms with Crippen LogP contribution in [0.15, 0.2) is 185 Å². The maximum absolute atomic E-state index is 13.4. The Balaban J connectivity index is 0.000000189. The fraction of sp³-hybridized carbons (Fsp3) is 0.175. The number of hydrogen-bond acceptors (Lipinski definition) is 11. The Labute approximate surface area is 486 Å². The van der Waals surface area contributed by atoms with E-state index >= 15 is 0 Å². The molecule has 0 saturated carbocycles. The first-order chi connectivity index (χ1) is 41.3. The molecule has 0 aliphatic rings. The van der Waals surface area contributed by atoms with Gasteiger partial charge in [0.1, 0.15) is 17.1 Å². The molecule has 0 radical (unpaired) electrons. The number of H-pyrrole nitrogens is 2. The van der Waals surface area contributed by atoms with Gasteiger partial charge in [-0.3, -0.25) is 24.0 Å². The zero-order chi connectivity index (χ0) is 62.3. The highest BCUT2D eigenvalue weighted by atomic mass is 19.2. The molecule has 0 atom stereocenters.